The Bertz CT molecular complexity index is 1100. The summed E-state index contributed by atoms with van der Waals surface area (Å²) < 4.78 is 34.5. The lowest BCUT2D eigenvalue weighted by atomic mass is 10.2. The van der Waals surface area contributed by atoms with Crippen LogP contribution in [0.5, 0.6) is 5.75 Å². The molecule has 0 bridgehead atoms. The lowest BCUT2D eigenvalue weighted by Gasteiger charge is -2.07. The van der Waals surface area contributed by atoms with Crippen LogP contribution in [0, 0.1) is 10.1 Å². The molecule has 0 atom stereocenters. The molecule has 0 aliphatic heterocycles. The SMILES string of the molecule is O=c1ccc2ccc(OS(=O)(=O)c3ccccc3[N+](=O)[O-])cc2o1. The Kier molecular flexibility index (Phi) is 3.78. The molecule has 8 nitrogen and oxygen atoms in total. The first-order valence-corrected chi connectivity index (χ1v) is 7.99. The second-order valence-electron chi connectivity index (χ2n) is 4.72. The van der Waals surface area contributed by atoms with Crippen molar-refractivity contribution in [2.24, 2.45) is 0 Å². The van der Waals surface area contributed by atoms with Crippen LogP contribution in [-0.4, -0.2) is 13.3 Å². The van der Waals surface area contributed by atoms with E-state index in [0.717, 1.165) is 12.1 Å². The summed E-state index contributed by atoms with van der Waals surface area (Å²) in [6.07, 6.45) is 0. The summed E-state index contributed by atoms with van der Waals surface area (Å²) in [5.74, 6) is -0.130. The van der Waals surface area contributed by atoms with Gasteiger partial charge in [-0.2, -0.15) is 8.42 Å². The molecule has 0 fully saturated rings. The van der Waals surface area contributed by atoms with Gasteiger partial charge in [-0.3, -0.25) is 10.1 Å². The number of rotatable bonds is 4. The Labute approximate surface area is 135 Å². The van der Waals surface area contributed by atoms with Crippen LogP contribution in [-0.2, 0) is 10.1 Å². The lowest BCUT2D eigenvalue weighted by Crippen LogP contribution is -2.12. The molecule has 1 heterocycles. The van der Waals surface area contributed by atoms with Gasteiger partial charge in [0.2, 0.25) is 0 Å². The second kappa shape index (κ2) is 5.78. The molecule has 1 aromatic heterocycles. The zero-order valence-corrected chi connectivity index (χ0v) is 12.7. The average Bonchev–Trinajstić information content (AvgIpc) is 2.54. The molecule has 0 aliphatic rings. The van der Waals surface area contributed by atoms with Crippen LogP contribution in [0.2, 0.25) is 0 Å². The smallest absolute Gasteiger partial charge is 0.346 e. The predicted molar refractivity (Wildman–Crippen MR) is 83.4 cm³/mol. The first-order chi connectivity index (χ1) is 11.4. The van der Waals surface area contributed by atoms with Crippen molar-refractivity contribution in [1.82, 2.24) is 0 Å². The Balaban J connectivity index is 2.04. The Morgan fingerprint density at radius 3 is 2.50 bits per heavy atom. The standard InChI is InChI=1S/C15H9NO7S/c17-15-8-6-10-5-7-11(9-13(10)22-15)23-24(20,21)14-4-2-1-3-12(14)16(18)19/h1-9H. The number of fused-ring (bicyclic) bond motifs is 1. The van der Waals surface area contributed by atoms with E-state index in [4.69, 9.17) is 8.60 Å². The van der Waals surface area contributed by atoms with E-state index in [-0.39, 0.29) is 11.3 Å². The van der Waals surface area contributed by atoms with Crippen LogP contribution in [0.1, 0.15) is 0 Å². The third kappa shape index (κ3) is 2.97. The highest BCUT2D eigenvalue weighted by Gasteiger charge is 2.27. The first-order valence-electron chi connectivity index (χ1n) is 6.59. The van der Waals surface area contributed by atoms with E-state index in [9.17, 15) is 23.3 Å². The highest BCUT2D eigenvalue weighted by atomic mass is 32.2. The van der Waals surface area contributed by atoms with Crippen LogP contribution >= 0.6 is 0 Å². The second-order valence-corrected chi connectivity index (χ2v) is 6.23. The van der Waals surface area contributed by atoms with E-state index >= 15 is 0 Å². The highest BCUT2D eigenvalue weighted by molar-refractivity contribution is 7.87. The first kappa shape index (κ1) is 15.7. The molecule has 24 heavy (non-hydrogen) atoms. The number of hydrogen-bond acceptors (Lipinski definition) is 7. The molecule has 0 saturated carbocycles. The molecule has 0 aliphatic carbocycles. The summed E-state index contributed by atoms with van der Waals surface area (Å²) >= 11 is 0. The normalized spacial score (nSPS) is 11.3. The molecule has 0 saturated heterocycles. The lowest BCUT2D eigenvalue weighted by molar-refractivity contribution is -0.387. The van der Waals surface area contributed by atoms with Gasteiger partial charge < -0.3 is 8.60 Å². The minimum atomic E-state index is -4.43. The molecule has 0 radical (unpaired) electrons. The van der Waals surface area contributed by atoms with Crippen LogP contribution in [0.15, 0.2) is 68.7 Å². The quantitative estimate of drug-likeness (QED) is 0.308. The van der Waals surface area contributed by atoms with E-state index in [1.54, 1.807) is 0 Å². The number of nitro groups is 1. The minimum absolute atomic E-state index is 0.130. The van der Waals surface area contributed by atoms with Crippen LogP contribution in [0.25, 0.3) is 11.0 Å². The van der Waals surface area contributed by atoms with E-state index < -0.39 is 31.2 Å². The number of nitrogens with zero attached hydrogens (tertiary/aromatic N) is 1. The maximum atomic E-state index is 12.3. The topological polar surface area (TPSA) is 117 Å². The summed E-state index contributed by atoms with van der Waals surface area (Å²) in [5.41, 5.74) is -1.05. The van der Waals surface area contributed by atoms with Gasteiger partial charge in [-0.25, -0.2) is 4.79 Å². The Morgan fingerprint density at radius 1 is 1.04 bits per heavy atom. The summed E-state index contributed by atoms with van der Waals surface area (Å²) in [6.45, 7) is 0. The fraction of sp³-hybridized carbons (Fsp3) is 0. The van der Waals surface area contributed by atoms with Gasteiger partial charge in [0.25, 0.3) is 5.69 Å². The van der Waals surface area contributed by atoms with Gasteiger partial charge in [0.05, 0.1) is 4.92 Å². The molecular weight excluding hydrogens is 338 g/mol. The molecule has 0 unspecified atom stereocenters. The van der Waals surface area contributed by atoms with Gasteiger partial charge in [0.15, 0.2) is 4.90 Å². The van der Waals surface area contributed by atoms with Crippen molar-refractivity contribution >= 4 is 26.8 Å². The van der Waals surface area contributed by atoms with Crippen LogP contribution in [0.3, 0.4) is 0 Å². The van der Waals surface area contributed by atoms with Crippen molar-refractivity contribution < 1.29 is 21.9 Å². The van der Waals surface area contributed by atoms with Gasteiger partial charge in [-0.15, -0.1) is 0 Å². The Hall–Kier alpha value is -3.20. The molecule has 122 valence electrons. The highest BCUT2D eigenvalue weighted by Crippen LogP contribution is 2.27. The molecular formula is C15H9NO7S. The zero-order valence-electron chi connectivity index (χ0n) is 11.9. The number of nitro benzene ring substituents is 1. The summed E-state index contributed by atoms with van der Waals surface area (Å²) in [4.78, 5) is 20.8. The predicted octanol–water partition coefficient (Wildman–Crippen LogP) is 2.47. The third-order valence-electron chi connectivity index (χ3n) is 3.13. The van der Waals surface area contributed by atoms with E-state index in [2.05, 4.69) is 0 Å². The summed E-state index contributed by atoms with van der Waals surface area (Å²) in [6, 6.07) is 11.7. The zero-order chi connectivity index (χ0) is 17.3. The number of para-hydroxylation sites is 1. The van der Waals surface area contributed by atoms with Gasteiger partial charge in [0, 0.05) is 23.6 Å². The fourth-order valence-corrected chi connectivity index (χ4v) is 3.17. The van der Waals surface area contributed by atoms with Crippen molar-refractivity contribution in [3.05, 3.63) is 75.1 Å². The number of benzene rings is 2. The average molecular weight is 347 g/mol. The molecule has 2 aromatic carbocycles. The van der Waals surface area contributed by atoms with Crippen molar-refractivity contribution in [1.29, 1.82) is 0 Å². The van der Waals surface area contributed by atoms with Gasteiger partial charge in [0.1, 0.15) is 11.3 Å². The summed E-state index contributed by atoms with van der Waals surface area (Å²) in [5, 5.41) is 11.5. The third-order valence-corrected chi connectivity index (χ3v) is 4.43. The maximum absolute atomic E-state index is 12.3. The van der Waals surface area contributed by atoms with Crippen molar-refractivity contribution in [3.63, 3.8) is 0 Å². The van der Waals surface area contributed by atoms with Crippen molar-refractivity contribution in [3.8, 4) is 5.75 Å². The molecule has 0 amide bonds. The molecule has 3 aromatic rings. The van der Waals surface area contributed by atoms with Crippen molar-refractivity contribution in [2.45, 2.75) is 4.90 Å². The number of hydrogen-bond donors (Lipinski definition) is 0. The maximum Gasteiger partial charge on any atom is 0.346 e. The molecule has 0 spiro atoms. The van der Waals surface area contributed by atoms with Crippen LogP contribution in [0.4, 0.5) is 5.69 Å². The largest absolute Gasteiger partial charge is 0.423 e. The molecule has 0 N–H and O–H groups in total. The minimum Gasteiger partial charge on any atom is -0.423 e. The Morgan fingerprint density at radius 2 is 1.75 bits per heavy atom. The van der Waals surface area contributed by atoms with Crippen LogP contribution < -0.4 is 9.81 Å². The van der Waals surface area contributed by atoms with Gasteiger partial charge >= 0.3 is 15.7 Å². The molecule has 3 rings (SSSR count). The molecule has 9 heteroatoms. The summed E-state index contributed by atoms with van der Waals surface area (Å²) in [7, 11) is -4.43. The van der Waals surface area contributed by atoms with Gasteiger partial charge in [-0.05, 0) is 24.3 Å². The van der Waals surface area contributed by atoms with Crippen molar-refractivity contribution in [2.75, 3.05) is 0 Å². The monoisotopic (exact) mass is 347 g/mol. The van der Waals surface area contributed by atoms with E-state index in [1.165, 1.54) is 42.5 Å². The van der Waals surface area contributed by atoms with Gasteiger partial charge in [-0.1, -0.05) is 12.1 Å². The van der Waals surface area contributed by atoms with E-state index in [1.807, 2.05) is 0 Å². The van der Waals surface area contributed by atoms with E-state index in [0.29, 0.717) is 5.39 Å². The fourth-order valence-electron chi connectivity index (χ4n) is 2.08.